The van der Waals surface area contributed by atoms with Gasteiger partial charge in [-0.15, -0.1) is 0 Å². The third-order valence-corrected chi connectivity index (χ3v) is 14.0. The van der Waals surface area contributed by atoms with Gasteiger partial charge in [0.25, 0.3) is 0 Å². The molecule has 230 valence electrons. The van der Waals surface area contributed by atoms with Crippen LogP contribution in [0, 0.1) is 46.3 Å². The number of fused-ring (bicyclic) bond motifs is 7. The van der Waals surface area contributed by atoms with Gasteiger partial charge in [0.1, 0.15) is 0 Å². The van der Waals surface area contributed by atoms with Crippen LogP contribution in [0.25, 0.3) is 0 Å². The van der Waals surface area contributed by atoms with E-state index >= 15 is 0 Å². The van der Waals surface area contributed by atoms with Gasteiger partial charge < -0.3 is 24.6 Å². The molecule has 1 N–H and O–H groups in total. The maximum atomic E-state index is 12.9. The monoisotopic (exact) mass is 567 g/mol. The molecule has 6 nitrogen and oxygen atoms in total. The van der Waals surface area contributed by atoms with E-state index in [0.717, 1.165) is 76.3 Å². The van der Waals surface area contributed by atoms with Crippen LogP contribution in [0.15, 0.2) is 11.6 Å². The first-order chi connectivity index (χ1) is 19.6. The maximum Gasteiger partial charge on any atom is 0.221 e. The smallest absolute Gasteiger partial charge is 0.221 e. The van der Waals surface area contributed by atoms with Crippen molar-refractivity contribution < 1.29 is 14.3 Å². The maximum absolute atomic E-state index is 12.9. The van der Waals surface area contributed by atoms with Crippen LogP contribution < -0.4 is 5.32 Å². The average Bonchev–Trinajstić information content (AvgIpc) is 3.40. The van der Waals surface area contributed by atoms with Crippen LogP contribution in [0.4, 0.5) is 0 Å². The molecule has 0 radical (unpaired) electrons. The number of hydrogen-bond donors (Lipinski definition) is 1. The number of nitrogens with zero attached hydrogens (tertiary/aromatic N) is 2. The zero-order valence-electron chi connectivity index (χ0n) is 26.6. The van der Waals surface area contributed by atoms with Gasteiger partial charge in [0.05, 0.1) is 12.7 Å². The van der Waals surface area contributed by atoms with Crippen molar-refractivity contribution in [3.63, 3.8) is 0 Å². The van der Waals surface area contributed by atoms with Crippen molar-refractivity contribution in [1.29, 1.82) is 0 Å². The fourth-order valence-corrected chi connectivity index (χ4v) is 11.4. The van der Waals surface area contributed by atoms with E-state index in [-0.39, 0.29) is 11.7 Å². The third kappa shape index (κ3) is 4.77. The fraction of sp³-hybridized carbons (Fsp3) is 0.914. The molecule has 11 atom stereocenters. The highest BCUT2D eigenvalue weighted by Gasteiger charge is 2.68. The van der Waals surface area contributed by atoms with E-state index in [1.165, 1.54) is 38.5 Å². The first-order valence-electron chi connectivity index (χ1n) is 17.3. The number of carbonyl (C=O) groups excluding carboxylic acids is 1. The minimum absolute atomic E-state index is 0.251. The van der Waals surface area contributed by atoms with E-state index < -0.39 is 0 Å². The lowest BCUT2D eigenvalue weighted by molar-refractivity contribution is -0.272. The molecule has 7 aliphatic rings. The Labute approximate surface area is 249 Å². The van der Waals surface area contributed by atoms with Crippen molar-refractivity contribution in [3.8, 4) is 0 Å². The number of rotatable bonds is 4. The van der Waals surface area contributed by atoms with Crippen molar-refractivity contribution in [2.75, 3.05) is 46.4 Å². The summed E-state index contributed by atoms with van der Waals surface area (Å²) in [6.45, 7) is 16.1. The molecule has 4 aliphatic carbocycles. The normalized spacial score (nSPS) is 50.0. The highest BCUT2D eigenvalue weighted by Crippen LogP contribution is 2.70. The second-order valence-corrected chi connectivity index (χ2v) is 16.2. The number of amides is 1. The minimum Gasteiger partial charge on any atom is -0.353 e. The lowest BCUT2D eigenvalue weighted by Gasteiger charge is -2.58. The predicted molar refractivity (Wildman–Crippen MR) is 162 cm³/mol. The van der Waals surface area contributed by atoms with Crippen molar-refractivity contribution in [2.45, 2.75) is 110 Å². The van der Waals surface area contributed by atoms with Crippen LogP contribution in [0.2, 0.25) is 0 Å². The molecular formula is C35H57N3O3. The summed E-state index contributed by atoms with van der Waals surface area (Å²) in [4.78, 5) is 17.7. The molecular weight excluding hydrogens is 510 g/mol. The van der Waals surface area contributed by atoms with Gasteiger partial charge >= 0.3 is 0 Å². The van der Waals surface area contributed by atoms with Crippen LogP contribution in [0.5, 0.6) is 0 Å². The van der Waals surface area contributed by atoms with E-state index in [2.05, 4.69) is 55.9 Å². The number of allylic oxidation sites excluding steroid dienone is 1. The Hall–Kier alpha value is -0.950. The van der Waals surface area contributed by atoms with Gasteiger partial charge in [-0.05, 0) is 98.8 Å². The summed E-state index contributed by atoms with van der Waals surface area (Å²) < 4.78 is 13.5. The van der Waals surface area contributed by atoms with Crippen LogP contribution in [-0.4, -0.2) is 80.0 Å². The Balaban J connectivity index is 0.988. The molecule has 3 saturated carbocycles. The first kappa shape index (κ1) is 28.8. The number of carbonyl (C=O) groups is 1. The number of nitrogens with one attached hydrogen (secondary N) is 1. The van der Waals surface area contributed by atoms with Crippen molar-refractivity contribution in [3.05, 3.63) is 11.6 Å². The molecule has 6 heteroatoms. The molecule has 3 saturated heterocycles. The number of piperazine rings is 1. The molecule has 1 spiro atoms. The summed E-state index contributed by atoms with van der Waals surface area (Å²) in [5.41, 5.74) is 2.33. The molecule has 3 aliphatic heterocycles. The zero-order chi connectivity index (χ0) is 28.6. The predicted octanol–water partition coefficient (Wildman–Crippen LogP) is 5.48. The Kier molecular flexibility index (Phi) is 7.44. The average molecular weight is 568 g/mol. The van der Waals surface area contributed by atoms with Gasteiger partial charge in [0, 0.05) is 57.5 Å². The van der Waals surface area contributed by atoms with E-state index in [1.807, 2.05) is 0 Å². The summed E-state index contributed by atoms with van der Waals surface area (Å²) in [5, 5.41) is 3.45. The van der Waals surface area contributed by atoms with Crippen LogP contribution in [0.3, 0.4) is 0 Å². The number of likely N-dealkylation sites (N-methyl/N-ethyl adjacent to an activating group) is 1. The van der Waals surface area contributed by atoms with Crippen LogP contribution >= 0.6 is 0 Å². The number of hydrogen-bond acceptors (Lipinski definition) is 5. The Morgan fingerprint density at radius 3 is 2.61 bits per heavy atom. The summed E-state index contributed by atoms with van der Waals surface area (Å²) in [6, 6.07) is 0.314. The van der Waals surface area contributed by atoms with Crippen LogP contribution in [0.1, 0.15) is 91.9 Å². The molecule has 41 heavy (non-hydrogen) atoms. The summed E-state index contributed by atoms with van der Waals surface area (Å²) >= 11 is 0. The van der Waals surface area contributed by atoms with Crippen molar-refractivity contribution >= 4 is 5.91 Å². The van der Waals surface area contributed by atoms with E-state index in [4.69, 9.17) is 9.47 Å². The fourth-order valence-electron chi connectivity index (χ4n) is 11.4. The minimum atomic E-state index is -0.314. The summed E-state index contributed by atoms with van der Waals surface area (Å²) in [5.74, 6) is 4.05. The third-order valence-electron chi connectivity index (χ3n) is 14.0. The summed E-state index contributed by atoms with van der Waals surface area (Å²) in [6.07, 6.45) is 14.5. The molecule has 0 aromatic heterocycles. The second kappa shape index (κ2) is 10.6. The van der Waals surface area contributed by atoms with Gasteiger partial charge in [-0.2, -0.15) is 0 Å². The molecule has 1 unspecified atom stereocenters. The van der Waals surface area contributed by atoms with E-state index in [0.29, 0.717) is 47.2 Å². The lowest BCUT2D eigenvalue weighted by Crippen LogP contribution is -2.53. The highest BCUT2D eigenvalue weighted by molar-refractivity contribution is 5.76. The first-order valence-corrected chi connectivity index (χ1v) is 17.3. The molecule has 1 amide bonds. The Morgan fingerprint density at radius 1 is 1.05 bits per heavy atom. The van der Waals surface area contributed by atoms with Crippen molar-refractivity contribution in [2.24, 2.45) is 46.3 Å². The lowest BCUT2D eigenvalue weighted by atomic mass is 9.46. The quantitative estimate of drug-likeness (QED) is 0.457. The second-order valence-electron chi connectivity index (χ2n) is 16.2. The molecule has 6 fully saturated rings. The Bertz CT molecular complexity index is 1030. The molecule has 3 heterocycles. The number of ether oxygens (including phenoxy) is 2. The van der Waals surface area contributed by atoms with Crippen LogP contribution in [-0.2, 0) is 14.3 Å². The molecule has 0 bridgehead atoms. The zero-order valence-corrected chi connectivity index (χ0v) is 26.6. The largest absolute Gasteiger partial charge is 0.353 e. The molecule has 7 rings (SSSR count). The summed E-state index contributed by atoms with van der Waals surface area (Å²) in [7, 11) is 2.18. The topological polar surface area (TPSA) is 54.0 Å². The van der Waals surface area contributed by atoms with Gasteiger partial charge in [-0.1, -0.05) is 39.3 Å². The van der Waals surface area contributed by atoms with Gasteiger partial charge in [0.2, 0.25) is 5.91 Å². The van der Waals surface area contributed by atoms with E-state index in [9.17, 15) is 4.79 Å². The van der Waals surface area contributed by atoms with Gasteiger partial charge in [-0.3, -0.25) is 4.79 Å². The molecule has 0 aromatic rings. The SMILES string of the molecule is C[C@@H]1CC[C@@]2(OC1)O[C@H]1C[C@H]3[C@@H]4CC=C5CC(NC(=O)CCN6CCN(C)CC6)CC[C@]5(C)[C@H]4CC[C@]3(C)[C@H]1[C@@H]2C. The molecule has 0 aromatic carbocycles. The van der Waals surface area contributed by atoms with Gasteiger partial charge in [0.15, 0.2) is 5.79 Å². The Morgan fingerprint density at radius 2 is 1.85 bits per heavy atom. The van der Waals surface area contributed by atoms with Crippen molar-refractivity contribution in [1.82, 2.24) is 15.1 Å². The standard InChI is InChI=1S/C35H57N3O3/c1-23-8-14-35(40-22-23)24(2)32-30(41-35)21-29-27-7-6-25-20-26(9-12-33(25,3)28(27)10-13-34(29,32)4)36-31(39)11-15-38-18-16-37(5)17-19-38/h6,23-24,26-30,32H,7-22H2,1-5H3,(H,36,39)/t23-,24+,26?,27-,28+,29+,30+,32+,33+,34+,35-/m1/s1. The van der Waals surface area contributed by atoms with Gasteiger partial charge in [-0.25, -0.2) is 0 Å². The highest BCUT2D eigenvalue weighted by atomic mass is 16.7. The van der Waals surface area contributed by atoms with E-state index in [1.54, 1.807) is 5.57 Å².